The second-order valence-electron chi connectivity index (χ2n) is 10.8. The fraction of sp³-hybridized carbons (Fsp3) is 0.242. The lowest BCUT2D eigenvalue weighted by atomic mass is 9.96. The van der Waals surface area contributed by atoms with Crippen LogP contribution < -0.4 is 26.0 Å². The van der Waals surface area contributed by atoms with Gasteiger partial charge in [-0.1, -0.05) is 59.6 Å². The van der Waals surface area contributed by atoms with Crippen LogP contribution in [0.4, 0.5) is 10.6 Å². The van der Waals surface area contributed by atoms with Gasteiger partial charge in [0, 0.05) is 65.1 Å². The molecule has 1 fully saturated rings. The summed E-state index contributed by atoms with van der Waals surface area (Å²) in [4.78, 5) is 44.6. The van der Waals surface area contributed by atoms with Gasteiger partial charge in [-0.05, 0) is 24.6 Å². The predicted molar refractivity (Wildman–Crippen MR) is 175 cm³/mol. The number of aromatic nitrogens is 2. The van der Waals surface area contributed by atoms with E-state index in [4.69, 9.17) is 32.7 Å². The molecule has 2 aliphatic rings. The summed E-state index contributed by atoms with van der Waals surface area (Å²) in [5.41, 5.74) is 5.67. The summed E-state index contributed by atoms with van der Waals surface area (Å²) >= 11 is 14.0. The highest BCUT2D eigenvalue weighted by Gasteiger charge is 2.22. The molecule has 4 aromatic rings. The van der Waals surface area contributed by atoms with Gasteiger partial charge in [-0.3, -0.25) is 9.59 Å². The summed E-state index contributed by atoms with van der Waals surface area (Å²) in [6.45, 7) is 0.946. The van der Waals surface area contributed by atoms with E-state index in [0.29, 0.717) is 64.2 Å². The first kappa shape index (κ1) is 31.3. The van der Waals surface area contributed by atoms with Crippen LogP contribution in [-0.2, 0) is 27.5 Å². The first-order valence-electron chi connectivity index (χ1n) is 14.6. The molecule has 4 N–H and O–H groups in total. The number of fused-ring (bicyclic) bond motifs is 1. The van der Waals surface area contributed by atoms with E-state index >= 15 is 0 Å². The zero-order chi connectivity index (χ0) is 32.2. The van der Waals surface area contributed by atoms with Crippen molar-refractivity contribution in [1.82, 2.24) is 25.9 Å². The normalized spacial score (nSPS) is 15.8. The standard InChI is InChI=1S/C33H30Cl2N6O5/c1-45-32-18(17-46-33(44)38-15-21-9-11-27(42)39-21)8-10-26(40-32)25-7-3-6-24(30(25)35)23-5-2-4-22(29(23)34)19-12-20-13-36-16-28(43)41-31(20)37-14-19/h2-8,10,12,14,21,36H,9,11,13,15-17H2,1H3,(H,38,44)(H,39,42)(H,37,41,43)/t21-/m0/s1. The molecule has 4 heterocycles. The van der Waals surface area contributed by atoms with Crippen molar-refractivity contribution in [2.24, 2.45) is 0 Å². The molecule has 6 rings (SSSR count). The summed E-state index contributed by atoms with van der Waals surface area (Å²) < 4.78 is 10.9. The minimum absolute atomic E-state index is 0.0207. The molecule has 0 spiro atoms. The average molecular weight is 662 g/mol. The number of rotatable bonds is 8. The molecule has 2 aliphatic heterocycles. The van der Waals surface area contributed by atoms with Gasteiger partial charge in [-0.15, -0.1) is 0 Å². The van der Waals surface area contributed by atoms with Gasteiger partial charge in [0.05, 0.1) is 35.0 Å². The Morgan fingerprint density at radius 3 is 2.46 bits per heavy atom. The molecule has 236 valence electrons. The second kappa shape index (κ2) is 13.7. The van der Waals surface area contributed by atoms with Crippen molar-refractivity contribution in [2.45, 2.75) is 32.0 Å². The number of hydrogen-bond acceptors (Lipinski definition) is 8. The van der Waals surface area contributed by atoms with Gasteiger partial charge in [0.15, 0.2) is 0 Å². The van der Waals surface area contributed by atoms with Crippen LogP contribution in [0.15, 0.2) is 60.8 Å². The maximum absolute atomic E-state index is 12.2. The van der Waals surface area contributed by atoms with Crippen LogP contribution in [0.25, 0.3) is 33.5 Å². The SMILES string of the molecule is COc1nc(-c2cccc(-c3cccc(-c4cnc5c(c4)CNCC(=O)N5)c3Cl)c2Cl)ccc1COC(=O)NC[C@@H]1CCC(=O)N1. The van der Waals surface area contributed by atoms with Gasteiger partial charge < -0.3 is 30.7 Å². The number of methoxy groups -OCH3 is 1. The quantitative estimate of drug-likeness (QED) is 0.198. The Balaban J connectivity index is 1.22. The Morgan fingerprint density at radius 2 is 1.72 bits per heavy atom. The molecule has 0 unspecified atom stereocenters. The molecule has 11 nitrogen and oxygen atoms in total. The highest BCUT2D eigenvalue weighted by atomic mass is 35.5. The summed E-state index contributed by atoms with van der Waals surface area (Å²) in [6, 6.07) is 16.8. The molecule has 1 saturated heterocycles. The Labute approximate surface area is 275 Å². The van der Waals surface area contributed by atoms with E-state index in [1.54, 1.807) is 18.3 Å². The molecule has 0 aliphatic carbocycles. The number of anilines is 1. The monoisotopic (exact) mass is 660 g/mol. The topological polar surface area (TPSA) is 144 Å². The maximum Gasteiger partial charge on any atom is 0.407 e. The zero-order valence-electron chi connectivity index (χ0n) is 24.8. The summed E-state index contributed by atoms with van der Waals surface area (Å²) in [5, 5.41) is 12.3. The minimum Gasteiger partial charge on any atom is -0.481 e. The first-order chi connectivity index (χ1) is 22.3. The van der Waals surface area contributed by atoms with Gasteiger partial charge in [0.25, 0.3) is 0 Å². The van der Waals surface area contributed by atoms with Crippen molar-refractivity contribution < 1.29 is 23.9 Å². The maximum atomic E-state index is 12.2. The van der Waals surface area contributed by atoms with E-state index < -0.39 is 6.09 Å². The fourth-order valence-corrected chi connectivity index (χ4v) is 6.09. The van der Waals surface area contributed by atoms with Crippen molar-refractivity contribution in [3.05, 3.63) is 82.0 Å². The number of benzene rings is 2. The Kier molecular flexibility index (Phi) is 9.34. The lowest BCUT2D eigenvalue weighted by Gasteiger charge is -2.15. The lowest BCUT2D eigenvalue weighted by Crippen LogP contribution is -2.38. The van der Waals surface area contributed by atoms with Crippen LogP contribution in [-0.4, -0.2) is 54.1 Å². The number of pyridine rings is 2. The highest BCUT2D eigenvalue weighted by Crippen LogP contribution is 2.42. The first-order valence-corrected chi connectivity index (χ1v) is 15.4. The summed E-state index contributed by atoms with van der Waals surface area (Å²) in [5.74, 6) is 0.657. The predicted octanol–water partition coefficient (Wildman–Crippen LogP) is 5.34. The lowest BCUT2D eigenvalue weighted by molar-refractivity contribution is -0.119. The molecule has 1 atom stereocenters. The third-order valence-electron chi connectivity index (χ3n) is 7.77. The van der Waals surface area contributed by atoms with Gasteiger partial charge >= 0.3 is 6.09 Å². The third kappa shape index (κ3) is 6.76. The Bertz CT molecular complexity index is 1830. The molecule has 3 amide bonds. The van der Waals surface area contributed by atoms with Crippen molar-refractivity contribution in [1.29, 1.82) is 0 Å². The fourth-order valence-electron chi connectivity index (χ4n) is 5.43. The number of halogens is 2. The van der Waals surface area contributed by atoms with E-state index in [2.05, 4.69) is 31.2 Å². The van der Waals surface area contributed by atoms with Gasteiger partial charge in [-0.2, -0.15) is 0 Å². The summed E-state index contributed by atoms with van der Waals surface area (Å²) in [6.07, 6.45) is 2.21. The third-order valence-corrected chi connectivity index (χ3v) is 8.58. The van der Waals surface area contributed by atoms with Crippen LogP contribution in [0.5, 0.6) is 5.88 Å². The number of nitrogens with zero attached hydrogens (tertiary/aromatic N) is 2. The molecule has 0 saturated carbocycles. The van der Waals surface area contributed by atoms with Crippen LogP contribution in [0.3, 0.4) is 0 Å². The average Bonchev–Trinajstić information content (AvgIpc) is 3.39. The van der Waals surface area contributed by atoms with E-state index in [9.17, 15) is 14.4 Å². The van der Waals surface area contributed by atoms with E-state index in [1.807, 2.05) is 42.5 Å². The largest absolute Gasteiger partial charge is 0.481 e. The number of nitrogens with one attached hydrogen (secondary N) is 4. The van der Waals surface area contributed by atoms with Crippen LogP contribution in [0, 0.1) is 0 Å². The zero-order valence-corrected chi connectivity index (χ0v) is 26.3. The van der Waals surface area contributed by atoms with Gasteiger partial charge in [-0.25, -0.2) is 14.8 Å². The van der Waals surface area contributed by atoms with Gasteiger partial charge in [0.1, 0.15) is 12.4 Å². The number of alkyl carbamates (subject to hydrolysis) is 1. The van der Waals surface area contributed by atoms with E-state index in [0.717, 1.165) is 22.3 Å². The van der Waals surface area contributed by atoms with Crippen molar-refractivity contribution >= 4 is 46.9 Å². The number of carbonyl (C=O) groups excluding carboxylic acids is 3. The number of hydrogen-bond donors (Lipinski definition) is 4. The molecular formula is C33H30Cl2N6O5. The van der Waals surface area contributed by atoms with Crippen molar-refractivity contribution in [2.75, 3.05) is 25.5 Å². The van der Waals surface area contributed by atoms with Crippen LogP contribution in [0.2, 0.25) is 10.0 Å². The summed E-state index contributed by atoms with van der Waals surface area (Å²) in [7, 11) is 1.49. The molecular weight excluding hydrogens is 631 g/mol. The highest BCUT2D eigenvalue weighted by molar-refractivity contribution is 6.39. The number of ether oxygens (including phenoxy) is 2. The van der Waals surface area contributed by atoms with E-state index in [1.165, 1.54) is 7.11 Å². The smallest absolute Gasteiger partial charge is 0.407 e. The molecule has 2 aromatic heterocycles. The molecule has 46 heavy (non-hydrogen) atoms. The Hall–Kier alpha value is -4.71. The van der Waals surface area contributed by atoms with Gasteiger partial charge in [0.2, 0.25) is 17.7 Å². The Morgan fingerprint density at radius 1 is 0.978 bits per heavy atom. The minimum atomic E-state index is -0.604. The van der Waals surface area contributed by atoms with Crippen molar-refractivity contribution in [3.8, 4) is 39.4 Å². The molecule has 2 aromatic carbocycles. The van der Waals surface area contributed by atoms with Crippen molar-refractivity contribution in [3.63, 3.8) is 0 Å². The van der Waals surface area contributed by atoms with E-state index in [-0.39, 0.29) is 36.9 Å². The molecule has 0 bridgehead atoms. The molecule has 13 heteroatoms. The molecule has 0 radical (unpaired) electrons. The second-order valence-corrected chi connectivity index (χ2v) is 11.6. The number of carbonyl (C=O) groups is 3. The van der Waals surface area contributed by atoms with Crippen LogP contribution in [0.1, 0.15) is 24.0 Å². The van der Waals surface area contributed by atoms with Crippen LogP contribution >= 0.6 is 23.2 Å². The number of amides is 3.